The third-order valence-electron chi connectivity index (χ3n) is 5.57. The van der Waals surface area contributed by atoms with Crippen molar-refractivity contribution in [2.75, 3.05) is 18.6 Å². The molecule has 1 heterocycles. The molecule has 0 spiro atoms. The molecule has 0 saturated carbocycles. The number of methoxy groups -OCH3 is 1. The first-order valence-corrected chi connectivity index (χ1v) is 9.48. The summed E-state index contributed by atoms with van der Waals surface area (Å²) in [6, 6.07) is 15.7. The van der Waals surface area contributed by atoms with Crippen molar-refractivity contribution in [2.24, 2.45) is 5.92 Å². The van der Waals surface area contributed by atoms with E-state index in [1.165, 1.54) is 11.1 Å². The Morgan fingerprint density at radius 3 is 2.70 bits per heavy atom. The summed E-state index contributed by atoms with van der Waals surface area (Å²) < 4.78 is 5.16. The monoisotopic (exact) mass is 364 g/mol. The maximum Gasteiger partial charge on any atom is 0.227 e. The SMILES string of the molecule is COc1ccc(N2C[C@H](C(=O)N[C@@H]3CCCc4ccccc43)CC2=O)cc1. The molecule has 1 fully saturated rings. The van der Waals surface area contributed by atoms with Crippen LogP contribution < -0.4 is 15.0 Å². The van der Waals surface area contributed by atoms with E-state index < -0.39 is 0 Å². The highest BCUT2D eigenvalue weighted by Gasteiger charge is 2.36. The van der Waals surface area contributed by atoms with Gasteiger partial charge in [-0.2, -0.15) is 0 Å². The van der Waals surface area contributed by atoms with Crippen LogP contribution in [0.15, 0.2) is 48.5 Å². The standard InChI is InChI=1S/C22H24N2O3/c1-27-18-11-9-17(10-12-18)24-14-16(13-21(24)25)22(26)23-20-8-4-6-15-5-2-3-7-19(15)20/h2-3,5,7,9-12,16,20H,4,6,8,13-14H2,1H3,(H,23,26)/t16-,20-/m1/s1. The molecule has 5 heteroatoms. The number of hydrogen-bond acceptors (Lipinski definition) is 3. The molecule has 2 amide bonds. The van der Waals surface area contributed by atoms with Crippen molar-refractivity contribution in [3.63, 3.8) is 0 Å². The molecule has 4 rings (SSSR count). The number of nitrogens with one attached hydrogen (secondary N) is 1. The molecule has 140 valence electrons. The number of benzene rings is 2. The van der Waals surface area contributed by atoms with Gasteiger partial charge in [0, 0.05) is 18.7 Å². The van der Waals surface area contributed by atoms with Crippen molar-refractivity contribution in [1.82, 2.24) is 5.32 Å². The molecule has 2 aliphatic rings. The van der Waals surface area contributed by atoms with Crippen LogP contribution in [0.25, 0.3) is 0 Å². The molecule has 0 aromatic heterocycles. The molecular formula is C22H24N2O3. The molecule has 0 radical (unpaired) electrons. The number of aryl methyl sites for hydroxylation is 1. The topological polar surface area (TPSA) is 58.6 Å². The zero-order chi connectivity index (χ0) is 18.8. The quantitative estimate of drug-likeness (QED) is 0.906. The third-order valence-corrected chi connectivity index (χ3v) is 5.57. The Labute approximate surface area is 159 Å². The Morgan fingerprint density at radius 2 is 1.93 bits per heavy atom. The summed E-state index contributed by atoms with van der Waals surface area (Å²) in [5.74, 6) is 0.398. The number of nitrogens with zero attached hydrogens (tertiary/aromatic N) is 1. The first-order valence-electron chi connectivity index (χ1n) is 9.48. The van der Waals surface area contributed by atoms with Crippen LogP contribution in [0.3, 0.4) is 0 Å². The van der Waals surface area contributed by atoms with Crippen LogP contribution in [0.1, 0.15) is 36.4 Å². The predicted octanol–water partition coefficient (Wildman–Crippen LogP) is 3.24. The highest BCUT2D eigenvalue weighted by molar-refractivity contribution is 6.00. The normalized spacial score (nSPS) is 21.7. The summed E-state index contributed by atoms with van der Waals surface area (Å²) in [5, 5.41) is 3.19. The van der Waals surface area contributed by atoms with Crippen molar-refractivity contribution in [1.29, 1.82) is 0 Å². The largest absolute Gasteiger partial charge is 0.497 e. The number of amides is 2. The lowest BCUT2D eigenvalue weighted by Gasteiger charge is -2.27. The van der Waals surface area contributed by atoms with Crippen LogP contribution >= 0.6 is 0 Å². The minimum absolute atomic E-state index is 0.00985. The smallest absolute Gasteiger partial charge is 0.227 e. The summed E-state index contributed by atoms with van der Waals surface area (Å²) in [4.78, 5) is 27.0. The fourth-order valence-corrected chi connectivity index (χ4v) is 4.09. The number of rotatable bonds is 4. The number of carbonyl (C=O) groups excluding carboxylic acids is 2. The second-order valence-electron chi connectivity index (χ2n) is 7.26. The summed E-state index contributed by atoms with van der Waals surface area (Å²) in [5.41, 5.74) is 3.34. The van der Waals surface area contributed by atoms with Crippen molar-refractivity contribution < 1.29 is 14.3 Å². The van der Waals surface area contributed by atoms with Crippen molar-refractivity contribution >= 4 is 17.5 Å². The minimum Gasteiger partial charge on any atom is -0.497 e. The predicted molar refractivity (Wildman–Crippen MR) is 104 cm³/mol. The first kappa shape index (κ1) is 17.6. The van der Waals surface area contributed by atoms with E-state index in [4.69, 9.17) is 4.74 Å². The van der Waals surface area contributed by atoms with Gasteiger partial charge in [0.15, 0.2) is 0 Å². The fraction of sp³-hybridized carbons (Fsp3) is 0.364. The highest BCUT2D eigenvalue weighted by atomic mass is 16.5. The Morgan fingerprint density at radius 1 is 1.15 bits per heavy atom. The molecule has 1 aliphatic heterocycles. The fourth-order valence-electron chi connectivity index (χ4n) is 4.09. The van der Waals surface area contributed by atoms with E-state index in [0.29, 0.717) is 6.54 Å². The average Bonchev–Trinajstić information content (AvgIpc) is 3.10. The Bertz CT molecular complexity index is 847. The number of fused-ring (bicyclic) bond motifs is 1. The summed E-state index contributed by atoms with van der Waals surface area (Å²) >= 11 is 0. The summed E-state index contributed by atoms with van der Waals surface area (Å²) in [6.07, 6.45) is 3.34. The second kappa shape index (κ2) is 7.43. The van der Waals surface area contributed by atoms with E-state index >= 15 is 0 Å². The molecule has 0 bridgehead atoms. The average molecular weight is 364 g/mol. The van der Waals surface area contributed by atoms with Gasteiger partial charge < -0.3 is 15.0 Å². The van der Waals surface area contributed by atoms with E-state index in [-0.39, 0.29) is 30.2 Å². The Balaban J connectivity index is 1.44. The first-order chi connectivity index (χ1) is 13.2. The molecule has 2 atom stereocenters. The Kier molecular flexibility index (Phi) is 4.84. The molecule has 1 saturated heterocycles. The number of carbonyl (C=O) groups is 2. The molecule has 1 N–H and O–H groups in total. The molecule has 5 nitrogen and oxygen atoms in total. The molecule has 27 heavy (non-hydrogen) atoms. The molecular weight excluding hydrogens is 340 g/mol. The van der Waals surface area contributed by atoms with Crippen LogP contribution in [0.4, 0.5) is 5.69 Å². The zero-order valence-corrected chi connectivity index (χ0v) is 15.5. The molecule has 0 unspecified atom stereocenters. The van der Waals surface area contributed by atoms with Gasteiger partial charge in [-0.15, -0.1) is 0 Å². The van der Waals surface area contributed by atoms with E-state index in [0.717, 1.165) is 30.7 Å². The van der Waals surface area contributed by atoms with Gasteiger partial charge in [-0.05, 0) is 54.7 Å². The molecule has 2 aromatic carbocycles. The lowest BCUT2D eigenvalue weighted by atomic mass is 9.87. The van der Waals surface area contributed by atoms with E-state index in [2.05, 4.69) is 17.4 Å². The van der Waals surface area contributed by atoms with Gasteiger partial charge in [0.25, 0.3) is 0 Å². The van der Waals surface area contributed by atoms with Crippen LogP contribution in [-0.4, -0.2) is 25.5 Å². The number of ether oxygens (including phenoxy) is 1. The van der Waals surface area contributed by atoms with Gasteiger partial charge in [0.2, 0.25) is 11.8 Å². The zero-order valence-electron chi connectivity index (χ0n) is 15.5. The lowest BCUT2D eigenvalue weighted by Crippen LogP contribution is -2.36. The number of hydrogen-bond donors (Lipinski definition) is 1. The van der Waals surface area contributed by atoms with Gasteiger partial charge in [-0.25, -0.2) is 0 Å². The van der Waals surface area contributed by atoms with E-state index in [9.17, 15) is 9.59 Å². The number of anilines is 1. The van der Waals surface area contributed by atoms with Crippen LogP contribution in [0, 0.1) is 5.92 Å². The van der Waals surface area contributed by atoms with Crippen LogP contribution in [-0.2, 0) is 16.0 Å². The highest BCUT2D eigenvalue weighted by Crippen LogP contribution is 2.31. The van der Waals surface area contributed by atoms with Gasteiger partial charge in [-0.3, -0.25) is 9.59 Å². The summed E-state index contributed by atoms with van der Waals surface area (Å²) in [6.45, 7) is 0.422. The third kappa shape index (κ3) is 3.54. The van der Waals surface area contributed by atoms with Gasteiger partial charge in [-0.1, -0.05) is 24.3 Å². The molecule has 1 aliphatic carbocycles. The second-order valence-corrected chi connectivity index (χ2v) is 7.26. The van der Waals surface area contributed by atoms with E-state index in [1.807, 2.05) is 36.4 Å². The van der Waals surface area contributed by atoms with Crippen molar-refractivity contribution in [3.8, 4) is 5.75 Å². The van der Waals surface area contributed by atoms with Gasteiger partial charge in [0.1, 0.15) is 5.75 Å². The maximum absolute atomic E-state index is 12.8. The van der Waals surface area contributed by atoms with Crippen LogP contribution in [0.2, 0.25) is 0 Å². The van der Waals surface area contributed by atoms with Gasteiger partial charge in [0.05, 0.1) is 19.1 Å². The molecule has 2 aromatic rings. The minimum atomic E-state index is -0.311. The summed E-state index contributed by atoms with van der Waals surface area (Å²) in [7, 11) is 1.61. The van der Waals surface area contributed by atoms with Crippen LogP contribution in [0.5, 0.6) is 5.75 Å². The lowest BCUT2D eigenvalue weighted by molar-refractivity contribution is -0.127. The van der Waals surface area contributed by atoms with E-state index in [1.54, 1.807) is 12.0 Å². The van der Waals surface area contributed by atoms with Crippen molar-refractivity contribution in [2.45, 2.75) is 31.7 Å². The van der Waals surface area contributed by atoms with Gasteiger partial charge >= 0.3 is 0 Å². The van der Waals surface area contributed by atoms with Crippen molar-refractivity contribution in [3.05, 3.63) is 59.7 Å². The maximum atomic E-state index is 12.8. The Hall–Kier alpha value is -2.82.